The molecule has 2 aliphatic heterocycles. The Morgan fingerprint density at radius 1 is 1.43 bits per heavy atom. The predicted molar refractivity (Wildman–Crippen MR) is 87.5 cm³/mol. The number of ether oxygens (including phenoxy) is 2. The van der Waals surface area contributed by atoms with Crippen LogP contribution in [0.3, 0.4) is 0 Å². The molecule has 3 unspecified atom stereocenters. The maximum absolute atomic E-state index is 6.31. The zero-order valence-electron chi connectivity index (χ0n) is 12.3. The molecule has 21 heavy (non-hydrogen) atoms. The van der Waals surface area contributed by atoms with Crippen molar-refractivity contribution in [1.29, 1.82) is 0 Å². The van der Waals surface area contributed by atoms with Crippen LogP contribution in [0.2, 0.25) is 5.02 Å². The van der Waals surface area contributed by atoms with Gasteiger partial charge in [0.15, 0.2) is 11.5 Å². The lowest BCUT2D eigenvalue weighted by molar-refractivity contribution is 0.150. The van der Waals surface area contributed by atoms with E-state index in [0.29, 0.717) is 28.6 Å². The lowest BCUT2D eigenvalue weighted by Crippen LogP contribution is -2.48. The van der Waals surface area contributed by atoms with Crippen LogP contribution in [0.1, 0.15) is 25.5 Å². The molecule has 0 aliphatic carbocycles. The number of nitrogens with two attached hydrogens (primary N) is 1. The zero-order chi connectivity index (χ0) is 15.0. The van der Waals surface area contributed by atoms with Crippen LogP contribution in [-0.2, 0) is 0 Å². The first kappa shape index (κ1) is 15.3. The smallest absolute Gasteiger partial charge is 0.231 e. The molecular formula is C15H21ClN2O2S. The van der Waals surface area contributed by atoms with Crippen molar-refractivity contribution in [2.24, 2.45) is 5.73 Å². The normalized spacial score (nSPS) is 26.9. The minimum atomic E-state index is 0.162. The van der Waals surface area contributed by atoms with Crippen LogP contribution < -0.4 is 15.2 Å². The molecule has 2 aliphatic rings. The number of hydrogen-bond donors (Lipinski definition) is 1. The van der Waals surface area contributed by atoms with Gasteiger partial charge in [-0.1, -0.05) is 18.5 Å². The molecular weight excluding hydrogens is 308 g/mol. The Hall–Kier alpha value is -0.620. The molecule has 0 spiro atoms. The molecule has 1 aromatic carbocycles. The summed E-state index contributed by atoms with van der Waals surface area (Å²) in [7, 11) is 0. The van der Waals surface area contributed by atoms with Gasteiger partial charge in [0, 0.05) is 36.2 Å². The third-order valence-electron chi connectivity index (χ3n) is 4.39. The Labute approximate surface area is 134 Å². The number of hydrogen-bond acceptors (Lipinski definition) is 5. The van der Waals surface area contributed by atoms with Gasteiger partial charge in [-0.25, -0.2) is 0 Å². The molecule has 116 valence electrons. The second-order valence-corrected chi connectivity index (χ2v) is 7.43. The summed E-state index contributed by atoms with van der Waals surface area (Å²) in [6, 6.07) is 4.63. The van der Waals surface area contributed by atoms with Crippen molar-refractivity contribution in [2.45, 2.75) is 31.2 Å². The van der Waals surface area contributed by atoms with E-state index >= 15 is 0 Å². The second kappa shape index (κ2) is 6.24. The molecule has 1 saturated heterocycles. The van der Waals surface area contributed by atoms with Crippen molar-refractivity contribution in [2.75, 3.05) is 25.6 Å². The Kier molecular flexibility index (Phi) is 4.54. The number of benzene rings is 1. The second-order valence-electron chi connectivity index (χ2n) is 5.54. The summed E-state index contributed by atoms with van der Waals surface area (Å²) in [5.74, 6) is 2.51. The summed E-state index contributed by atoms with van der Waals surface area (Å²) in [6.07, 6.45) is 0. The van der Waals surface area contributed by atoms with Gasteiger partial charge in [0.1, 0.15) is 0 Å². The maximum Gasteiger partial charge on any atom is 0.231 e. The third kappa shape index (κ3) is 2.84. The van der Waals surface area contributed by atoms with E-state index in [1.54, 1.807) is 0 Å². The molecule has 3 atom stereocenters. The first-order valence-corrected chi connectivity index (χ1v) is 8.71. The molecule has 0 saturated carbocycles. The number of halogens is 1. The summed E-state index contributed by atoms with van der Waals surface area (Å²) >= 11 is 8.33. The highest BCUT2D eigenvalue weighted by atomic mass is 35.5. The highest BCUT2D eigenvalue weighted by molar-refractivity contribution is 8.00. The fourth-order valence-electron chi connectivity index (χ4n) is 3.04. The fourth-order valence-corrected chi connectivity index (χ4v) is 4.44. The summed E-state index contributed by atoms with van der Waals surface area (Å²) in [4.78, 5) is 2.48. The first-order valence-electron chi connectivity index (χ1n) is 7.28. The maximum atomic E-state index is 6.31. The molecule has 2 heterocycles. The van der Waals surface area contributed by atoms with Crippen LogP contribution in [0.25, 0.3) is 0 Å². The quantitative estimate of drug-likeness (QED) is 0.924. The summed E-state index contributed by atoms with van der Waals surface area (Å²) in [6.45, 7) is 6.40. The van der Waals surface area contributed by atoms with Gasteiger partial charge in [-0.15, -0.1) is 0 Å². The molecule has 0 radical (unpaired) electrons. The van der Waals surface area contributed by atoms with Crippen LogP contribution in [-0.4, -0.2) is 41.8 Å². The average Bonchev–Trinajstić information content (AvgIpc) is 2.93. The van der Waals surface area contributed by atoms with Crippen molar-refractivity contribution < 1.29 is 9.47 Å². The van der Waals surface area contributed by atoms with E-state index in [1.807, 2.05) is 23.9 Å². The highest BCUT2D eigenvalue weighted by Gasteiger charge is 2.32. The number of nitrogens with zero attached hydrogens (tertiary/aromatic N) is 1. The lowest BCUT2D eigenvalue weighted by Gasteiger charge is -2.42. The van der Waals surface area contributed by atoms with E-state index in [0.717, 1.165) is 23.6 Å². The van der Waals surface area contributed by atoms with E-state index < -0.39 is 0 Å². The molecule has 6 heteroatoms. The Morgan fingerprint density at radius 3 is 3.00 bits per heavy atom. The Balaban J connectivity index is 1.91. The van der Waals surface area contributed by atoms with Gasteiger partial charge in [0.25, 0.3) is 0 Å². The lowest BCUT2D eigenvalue weighted by atomic mass is 10.0. The summed E-state index contributed by atoms with van der Waals surface area (Å²) < 4.78 is 10.9. The minimum Gasteiger partial charge on any atom is -0.454 e. The van der Waals surface area contributed by atoms with Crippen LogP contribution in [0.15, 0.2) is 12.1 Å². The average molecular weight is 329 g/mol. The summed E-state index contributed by atoms with van der Waals surface area (Å²) in [5.41, 5.74) is 7.18. The molecule has 0 amide bonds. The zero-order valence-corrected chi connectivity index (χ0v) is 13.9. The van der Waals surface area contributed by atoms with Crippen LogP contribution >= 0.6 is 23.4 Å². The number of fused-ring (bicyclic) bond motifs is 1. The molecule has 4 nitrogen and oxygen atoms in total. The third-order valence-corrected chi connectivity index (χ3v) is 6.01. The van der Waals surface area contributed by atoms with Crippen LogP contribution in [0.4, 0.5) is 0 Å². The van der Waals surface area contributed by atoms with Crippen molar-refractivity contribution in [3.63, 3.8) is 0 Å². The first-order chi connectivity index (χ1) is 10.1. The van der Waals surface area contributed by atoms with E-state index in [-0.39, 0.29) is 12.8 Å². The number of thioether (sulfide) groups is 1. The molecule has 3 rings (SSSR count). The summed E-state index contributed by atoms with van der Waals surface area (Å²) in [5, 5.41) is 1.21. The Morgan fingerprint density at radius 2 is 2.24 bits per heavy atom. The van der Waals surface area contributed by atoms with Gasteiger partial charge in [0.2, 0.25) is 6.79 Å². The predicted octanol–water partition coefficient (Wildman–Crippen LogP) is 2.89. The number of rotatable bonds is 3. The fraction of sp³-hybridized carbons (Fsp3) is 0.600. The molecule has 0 aromatic heterocycles. The van der Waals surface area contributed by atoms with Gasteiger partial charge in [-0.05, 0) is 24.6 Å². The van der Waals surface area contributed by atoms with Gasteiger partial charge in [-0.2, -0.15) is 11.8 Å². The van der Waals surface area contributed by atoms with Crippen LogP contribution in [0.5, 0.6) is 11.5 Å². The van der Waals surface area contributed by atoms with Gasteiger partial charge in [0.05, 0.1) is 5.02 Å². The molecule has 2 N–H and O–H groups in total. The van der Waals surface area contributed by atoms with E-state index in [9.17, 15) is 0 Å². The molecule has 0 bridgehead atoms. The van der Waals surface area contributed by atoms with Crippen molar-refractivity contribution in [3.8, 4) is 11.5 Å². The van der Waals surface area contributed by atoms with E-state index in [2.05, 4.69) is 18.7 Å². The van der Waals surface area contributed by atoms with Crippen molar-refractivity contribution in [3.05, 3.63) is 22.7 Å². The van der Waals surface area contributed by atoms with E-state index in [1.165, 1.54) is 0 Å². The van der Waals surface area contributed by atoms with Gasteiger partial charge in [-0.3, -0.25) is 4.90 Å². The topological polar surface area (TPSA) is 47.7 Å². The van der Waals surface area contributed by atoms with Crippen molar-refractivity contribution >= 4 is 23.4 Å². The van der Waals surface area contributed by atoms with Crippen LogP contribution in [0, 0.1) is 0 Å². The largest absolute Gasteiger partial charge is 0.454 e. The molecule has 1 aromatic rings. The minimum absolute atomic E-state index is 0.162. The highest BCUT2D eigenvalue weighted by Crippen LogP contribution is 2.42. The van der Waals surface area contributed by atoms with Gasteiger partial charge < -0.3 is 15.2 Å². The van der Waals surface area contributed by atoms with Crippen molar-refractivity contribution in [1.82, 2.24) is 4.90 Å². The SMILES string of the molecule is CC1SCCN(C(CN)c2cc(Cl)c3c(c2)OCO3)C1C. The standard InChI is InChI=1S/C15H21ClN2O2S/c1-9-10(2)21-4-3-18(9)13(7-17)11-5-12(16)15-14(6-11)19-8-20-15/h5-6,9-10,13H,3-4,7-8,17H2,1-2H3. The van der Waals surface area contributed by atoms with E-state index in [4.69, 9.17) is 26.8 Å². The monoisotopic (exact) mass is 328 g/mol. The Bertz CT molecular complexity index is 529. The molecule has 1 fully saturated rings. The van der Waals surface area contributed by atoms with Gasteiger partial charge >= 0.3 is 0 Å².